The molecule has 0 saturated carbocycles. The minimum atomic E-state index is -1.71. The average molecular weight is 380 g/mol. The van der Waals surface area contributed by atoms with Gasteiger partial charge in [-0.05, 0) is 12.1 Å². The second kappa shape index (κ2) is 7.27. The molecular weight excluding hydrogens is 372 g/mol. The van der Waals surface area contributed by atoms with Crippen LogP contribution in [-0.4, -0.2) is 44.3 Å². The summed E-state index contributed by atoms with van der Waals surface area (Å²) in [6.07, 6.45) is 0. The SMILES string of the molecule is N#Cc1c(-c2ccc(C(=O)O)c(C(=O)O)c2C#N)ccc(C(=O)O)c1C(=O)O. The molecule has 138 valence electrons. The second-order valence-electron chi connectivity index (χ2n) is 5.27. The van der Waals surface area contributed by atoms with Gasteiger partial charge >= 0.3 is 23.9 Å². The fraction of sp³-hybridized carbons (Fsp3) is 0. The van der Waals surface area contributed by atoms with E-state index in [-0.39, 0.29) is 11.1 Å². The highest BCUT2D eigenvalue weighted by Gasteiger charge is 2.28. The number of rotatable bonds is 5. The van der Waals surface area contributed by atoms with E-state index in [0.29, 0.717) is 0 Å². The fourth-order valence-corrected chi connectivity index (χ4v) is 2.69. The first kappa shape index (κ1) is 19.6. The van der Waals surface area contributed by atoms with E-state index < -0.39 is 57.3 Å². The minimum absolute atomic E-state index is 0.221. The smallest absolute Gasteiger partial charge is 0.337 e. The normalized spacial score (nSPS) is 9.79. The van der Waals surface area contributed by atoms with Gasteiger partial charge in [0.2, 0.25) is 0 Å². The Bertz CT molecular complexity index is 1060. The van der Waals surface area contributed by atoms with Crippen molar-refractivity contribution in [2.24, 2.45) is 0 Å². The number of benzene rings is 2. The Balaban J connectivity index is 3.02. The summed E-state index contributed by atoms with van der Waals surface area (Å²) in [7, 11) is 0. The third-order valence-electron chi connectivity index (χ3n) is 3.81. The van der Waals surface area contributed by atoms with Crippen molar-refractivity contribution in [2.45, 2.75) is 0 Å². The molecule has 0 fully saturated rings. The van der Waals surface area contributed by atoms with E-state index >= 15 is 0 Å². The predicted molar refractivity (Wildman–Crippen MR) is 89.1 cm³/mol. The number of aromatic carboxylic acids is 4. The minimum Gasteiger partial charge on any atom is -0.478 e. The van der Waals surface area contributed by atoms with Crippen LogP contribution in [0.15, 0.2) is 24.3 Å². The summed E-state index contributed by atoms with van der Waals surface area (Å²) in [5.41, 5.74) is -4.68. The molecule has 2 aromatic rings. The van der Waals surface area contributed by atoms with Crippen LogP contribution in [0.2, 0.25) is 0 Å². The Kier molecular flexibility index (Phi) is 5.10. The molecular formula is C18H8N2O8. The van der Waals surface area contributed by atoms with Crippen molar-refractivity contribution in [3.8, 4) is 23.3 Å². The molecule has 0 aliphatic carbocycles. The number of carboxylic acids is 4. The van der Waals surface area contributed by atoms with E-state index in [4.69, 9.17) is 10.2 Å². The third-order valence-corrected chi connectivity index (χ3v) is 3.81. The van der Waals surface area contributed by atoms with Gasteiger partial charge in [-0.2, -0.15) is 10.5 Å². The summed E-state index contributed by atoms with van der Waals surface area (Å²) in [5, 5.41) is 55.8. The fourth-order valence-electron chi connectivity index (χ4n) is 2.69. The van der Waals surface area contributed by atoms with Gasteiger partial charge < -0.3 is 20.4 Å². The largest absolute Gasteiger partial charge is 0.478 e. The van der Waals surface area contributed by atoms with Crippen LogP contribution in [0.25, 0.3) is 11.1 Å². The summed E-state index contributed by atoms with van der Waals surface area (Å²) in [5.74, 6) is -6.63. The van der Waals surface area contributed by atoms with Crippen LogP contribution < -0.4 is 0 Å². The lowest BCUT2D eigenvalue weighted by atomic mass is 9.87. The lowest BCUT2D eigenvalue weighted by Gasteiger charge is -2.13. The monoisotopic (exact) mass is 380 g/mol. The maximum absolute atomic E-state index is 11.5. The molecule has 2 rings (SSSR count). The molecule has 4 N–H and O–H groups in total. The molecule has 2 aromatic carbocycles. The number of hydrogen-bond donors (Lipinski definition) is 4. The highest BCUT2D eigenvalue weighted by molar-refractivity contribution is 6.08. The number of carboxylic acid groups (broad SMARTS) is 4. The van der Waals surface area contributed by atoms with Crippen LogP contribution >= 0.6 is 0 Å². The molecule has 0 aromatic heterocycles. The van der Waals surface area contributed by atoms with Gasteiger partial charge in [0.25, 0.3) is 0 Å². The molecule has 28 heavy (non-hydrogen) atoms. The van der Waals surface area contributed by atoms with Crippen LogP contribution in [0.3, 0.4) is 0 Å². The first-order valence-corrected chi connectivity index (χ1v) is 7.23. The van der Waals surface area contributed by atoms with E-state index in [1.165, 1.54) is 0 Å². The van der Waals surface area contributed by atoms with Crippen molar-refractivity contribution in [1.29, 1.82) is 10.5 Å². The van der Waals surface area contributed by atoms with Gasteiger partial charge in [-0.25, -0.2) is 19.2 Å². The van der Waals surface area contributed by atoms with Gasteiger partial charge in [0.1, 0.15) is 12.1 Å². The van der Waals surface area contributed by atoms with E-state index in [2.05, 4.69) is 0 Å². The molecule has 0 unspecified atom stereocenters. The standard InChI is InChI=1S/C18H8N2O8/c19-5-11-7(1-3-9(15(21)22)13(11)17(25)26)8-2-4-10(16(23)24)14(18(27)28)12(8)6-20/h1-4H,(H,21,22)(H,23,24)(H,25,26)(H,27,28). The van der Waals surface area contributed by atoms with Gasteiger partial charge in [0.15, 0.2) is 0 Å². The molecule has 0 saturated heterocycles. The molecule has 10 heteroatoms. The summed E-state index contributed by atoms with van der Waals surface area (Å²) >= 11 is 0. The lowest BCUT2D eigenvalue weighted by molar-refractivity contribution is 0.0651. The predicted octanol–water partition coefficient (Wildman–Crippen LogP) is 1.89. The van der Waals surface area contributed by atoms with Crippen LogP contribution in [0.5, 0.6) is 0 Å². The molecule has 0 heterocycles. The van der Waals surface area contributed by atoms with Crippen molar-refractivity contribution in [3.63, 3.8) is 0 Å². The maximum atomic E-state index is 11.5. The summed E-state index contributed by atoms with van der Waals surface area (Å²) < 4.78 is 0. The highest BCUT2D eigenvalue weighted by atomic mass is 16.4. The zero-order valence-electron chi connectivity index (χ0n) is 13.6. The van der Waals surface area contributed by atoms with Crippen LogP contribution in [0.4, 0.5) is 0 Å². The summed E-state index contributed by atoms with van der Waals surface area (Å²) in [4.78, 5) is 45.5. The van der Waals surface area contributed by atoms with Crippen LogP contribution in [0, 0.1) is 22.7 Å². The topological polar surface area (TPSA) is 197 Å². The molecule has 0 atom stereocenters. The third kappa shape index (κ3) is 3.09. The first-order chi connectivity index (χ1) is 13.1. The number of carbonyl (C=O) groups is 4. The van der Waals surface area contributed by atoms with Gasteiger partial charge in [0, 0.05) is 11.1 Å². The molecule has 0 radical (unpaired) electrons. The Morgan fingerprint density at radius 3 is 1.14 bits per heavy atom. The van der Waals surface area contributed by atoms with Crippen molar-refractivity contribution < 1.29 is 39.6 Å². The van der Waals surface area contributed by atoms with Crippen molar-refractivity contribution in [2.75, 3.05) is 0 Å². The molecule has 0 spiro atoms. The van der Waals surface area contributed by atoms with E-state index in [0.717, 1.165) is 24.3 Å². The first-order valence-electron chi connectivity index (χ1n) is 7.23. The van der Waals surface area contributed by atoms with E-state index in [1.54, 1.807) is 12.1 Å². The summed E-state index contributed by atoms with van der Waals surface area (Å²) in [6.45, 7) is 0. The summed E-state index contributed by atoms with van der Waals surface area (Å²) in [6, 6.07) is 7.02. The molecule has 0 aliphatic heterocycles. The van der Waals surface area contributed by atoms with Gasteiger partial charge in [-0.15, -0.1) is 0 Å². The van der Waals surface area contributed by atoms with Gasteiger partial charge in [-0.3, -0.25) is 0 Å². The number of nitrogens with zero attached hydrogens (tertiary/aromatic N) is 2. The quantitative estimate of drug-likeness (QED) is 0.594. The maximum Gasteiger partial charge on any atom is 0.337 e. The highest BCUT2D eigenvalue weighted by Crippen LogP contribution is 2.33. The number of nitriles is 2. The zero-order valence-corrected chi connectivity index (χ0v) is 13.6. The van der Waals surface area contributed by atoms with Gasteiger partial charge in [0.05, 0.1) is 33.4 Å². The lowest BCUT2D eigenvalue weighted by Crippen LogP contribution is -2.13. The Hall–Kier alpha value is -4.70. The average Bonchev–Trinajstić information content (AvgIpc) is 2.64. The number of hydrogen-bond acceptors (Lipinski definition) is 6. The molecule has 0 bridgehead atoms. The Morgan fingerprint density at radius 2 is 0.929 bits per heavy atom. The van der Waals surface area contributed by atoms with Gasteiger partial charge in [-0.1, -0.05) is 12.1 Å². The molecule has 10 nitrogen and oxygen atoms in total. The van der Waals surface area contributed by atoms with E-state index in [9.17, 15) is 39.9 Å². The van der Waals surface area contributed by atoms with Crippen molar-refractivity contribution in [3.05, 3.63) is 57.6 Å². The second-order valence-corrected chi connectivity index (χ2v) is 5.27. The van der Waals surface area contributed by atoms with Crippen molar-refractivity contribution in [1.82, 2.24) is 0 Å². The zero-order chi connectivity index (χ0) is 21.2. The molecule has 0 aliphatic rings. The van der Waals surface area contributed by atoms with Crippen molar-refractivity contribution >= 4 is 23.9 Å². The van der Waals surface area contributed by atoms with Crippen LogP contribution in [0.1, 0.15) is 52.6 Å². The van der Waals surface area contributed by atoms with E-state index in [1.807, 2.05) is 0 Å². The molecule has 0 amide bonds. The Morgan fingerprint density at radius 1 is 0.607 bits per heavy atom. The van der Waals surface area contributed by atoms with Crippen LogP contribution in [-0.2, 0) is 0 Å². The Labute approximate surface area is 155 Å².